The summed E-state index contributed by atoms with van der Waals surface area (Å²) in [5.41, 5.74) is 1.34. The molecule has 0 spiro atoms. The smallest absolute Gasteiger partial charge is 0.317 e. The second-order valence-corrected chi connectivity index (χ2v) is 6.14. The number of nitrogens with zero attached hydrogens (tertiary/aromatic N) is 3. The van der Waals surface area contributed by atoms with E-state index in [1.54, 1.807) is 0 Å². The summed E-state index contributed by atoms with van der Waals surface area (Å²) in [6.07, 6.45) is 0.993. The van der Waals surface area contributed by atoms with Crippen LogP contribution < -0.4 is 5.32 Å². The lowest BCUT2D eigenvalue weighted by Crippen LogP contribution is -2.51. The van der Waals surface area contributed by atoms with Gasteiger partial charge in [-0.3, -0.25) is 4.90 Å². The number of nitrogens with one attached hydrogen (secondary N) is 1. The van der Waals surface area contributed by atoms with Gasteiger partial charge in [-0.25, -0.2) is 4.79 Å². The second-order valence-electron chi connectivity index (χ2n) is 6.14. The van der Waals surface area contributed by atoms with Crippen molar-refractivity contribution < 1.29 is 4.79 Å². The number of piperazine rings is 1. The predicted molar refractivity (Wildman–Crippen MR) is 89.9 cm³/mol. The minimum absolute atomic E-state index is 0.0816. The van der Waals surface area contributed by atoms with Crippen LogP contribution in [-0.4, -0.2) is 74.1 Å². The average molecular weight is 304 g/mol. The normalized spacial score (nSPS) is 16.0. The Morgan fingerprint density at radius 1 is 1.14 bits per heavy atom. The van der Waals surface area contributed by atoms with E-state index in [0.717, 1.165) is 52.2 Å². The molecule has 5 nitrogen and oxygen atoms in total. The topological polar surface area (TPSA) is 38.8 Å². The van der Waals surface area contributed by atoms with Crippen molar-refractivity contribution in [2.45, 2.75) is 13.0 Å². The molecule has 1 saturated heterocycles. The zero-order chi connectivity index (χ0) is 15.8. The first-order chi connectivity index (χ1) is 10.6. The standard InChI is InChI=1S/C17H28N4O/c1-19(2)10-6-9-18-17(22)21-13-11-20(12-14-21)15-16-7-4-3-5-8-16/h3-5,7-8H,6,9-15H2,1-2H3,(H,18,22). The summed E-state index contributed by atoms with van der Waals surface area (Å²) in [6.45, 7) is 6.24. The molecule has 2 amide bonds. The molecule has 122 valence electrons. The zero-order valence-corrected chi connectivity index (χ0v) is 13.8. The summed E-state index contributed by atoms with van der Waals surface area (Å²) in [5, 5.41) is 3.01. The number of carbonyl (C=O) groups excluding carboxylic acids is 1. The first-order valence-corrected chi connectivity index (χ1v) is 8.09. The molecule has 5 heteroatoms. The number of benzene rings is 1. The zero-order valence-electron chi connectivity index (χ0n) is 13.8. The van der Waals surface area contributed by atoms with Crippen LogP contribution in [0.3, 0.4) is 0 Å². The summed E-state index contributed by atoms with van der Waals surface area (Å²) in [4.78, 5) is 18.6. The van der Waals surface area contributed by atoms with Crippen LogP contribution >= 0.6 is 0 Å². The van der Waals surface area contributed by atoms with E-state index in [1.165, 1.54) is 5.56 Å². The van der Waals surface area contributed by atoms with Gasteiger partial charge in [-0.15, -0.1) is 0 Å². The van der Waals surface area contributed by atoms with Gasteiger partial charge < -0.3 is 15.1 Å². The minimum atomic E-state index is 0.0816. The Bertz CT molecular complexity index is 441. The van der Waals surface area contributed by atoms with Gasteiger partial charge in [0.2, 0.25) is 0 Å². The number of hydrogen-bond acceptors (Lipinski definition) is 3. The van der Waals surface area contributed by atoms with Crippen molar-refractivity contribution in [1.29, 1.82) is 0 Å². The van der Waals surface area contributed by atoms with E-state index in [9.17, 15) is 4.79 Å². The predicted octanol–water partition coefficient (Wildman–Crippen LogP) is 1.47. The third-order valence-corrected chi connectivity index (χ3v) is 3.97. The molecule has 0 bridgehead atoms. The van der Waals surface area contributed by atoms with Gasteiger partial charge in [-0.05, 0) is 32.6 Å². The molecule has 0 unspecified atom stereocenters. The molecule has 1 fully saturated rings. The molecule has 1 aliphatic rings. The van der Waals surface area contributed by atoms with Gasteiger partial charge in [0.1, 0.15) is 0 Å². The molecule has 1 N–H and O–H groups in total. The van der Waals surface area contributed by atoms with Crippen molar-refractivity contribution in [3.63, 3.8) is 0 Å². The fourth-order valence-electron chi connectivity index (χ4n) is 2.65. The molecule has 1 aliphatic heterocycles. The van der Waals surface area contributed by atoms with Crippen LogP contribution in [0.15, 0.2) is 30.3 Å². The molecule has 0 radical (unpaired) electrons. The molecule has 1 aromatic rings. The van der Waals surface area contributed by atoms with Crippen LogP contribution in [0.4, 0.5) is 4.79 Å². The van der Waals surface area contributed by atoms with Crippen LogP contribution in [0.25, 0.3) is 0 Å². The third kappa shape index (κ3) is 5.66. The monoisotopic (exact) mass is 304 g/mol. The highest BCUT2D eigenvalue weighted by Crippen LogP contribution is 2.08. The summed E-state index contributed by atoms with van der Waals surface area (Å²) in [7, 11) is 4.10. The van der Waals surface area contributed by atoms with Crippen LogP contribution in [0.1, 0.15) is 12.0 Å². The van der Waals surface area contributed by atoms with Crippen molar-refractivity contribution in [2.24, 2.45) is 0 Å². The SMILES string of the molecule is CN(C)CCCNC(=O)N1CCN(Cc2ccccc2)CC1. The van der Waals surface area contributed by atoms with Gasteiger partial charge in [0.05, 0.1) is 0 Å². The molecular weight excluding hydrogens is 276 g/mol. The summed E-state index contributed by atoms with van der Waals surface area (Å²) >= 11 is 0. The van der Waals surface area contributed by atoms with Crippen LogP contribution in [0.5, 0.6) is 0 Å². The molecular formula is C17H28N4O. The minimum Gasteiger partial charge on any atom is -0.338 e. The Balaban J connectivity index is 1.65. The van der Waals surface area contributed by atoms with E-state index in [-0.39, 0.29) is 6.03 Å². The molecule has 0 saturated carbocycles. The van der Waals surface area contributed by atoms with E-state index in [0.29, 0.717) is 0 Å². The average Bonchev–Trinajstić information content (AvgIpc) is 2.53. The number of carbonyl (C=O) groups is 1. The quantitative estimate of drug-likeness (QED) is 0.809. The highest BCUT2D eigenvalue weighted by molar-refractivity contribution is 5.74. The fraction of sp³-hybridized carbons (Fsp3) is 0.588. The fourth-order valence-corrected chi connectivity index (χ4v) is 2.65. The number of hydrogen-bond donors (Lipinski definition) is 1. The maximum absolute atomic E-state index is 12.1. The van der Waals surface area contributed by atoms with Crippen molar-refractivity contribution in [1.82, 2.24) is 20.0 Å². The molecule has 0 aliphatic carbocycles. The molecule has 1 heterocycles. The van der Waals surface area contributed by atoms with E-state index in [1.807, 2.05) is 25.1 Å². The Hall–Kier alpha value is -1.59. The Kier molecular flexibility index (Phi) is 6.68. The molecule has 2 rings (SSSR count). The lowest BCUT2D eigenvalue weighted by atomic mass is 10.2. The number of rotatable bonds is 6. The Morgan fingerprint density at radius 2 is 1.82 bits per heavy atom. The van der Waals surface area contributed by atoms with Gasteiger partial charge in [0.15, 0.2) is 0 Å². The van der Waals surface area contributed by atoms with Gasteiger partial charge >= 0.3 is 6.03 Å². The molecule has 1 aromatic carbocycles. The maximum atomic E-state index is 12.1. The Labute approximate surface area is 133 Å². The summed E-state index contributed by atoms with van der Waals surface area (Å²) in [5.74, 6) is 0. The van der Waals surface area contributed by atoms with Crippen LogP contribution in [0.2, 0.25) is 0 Å². The van der Waals surface area contributed by atoms with E-state index in [2.05, 4.69) is 39.4 Å². The van der Waals surface area contributed by atoms with Crippen molar-refractivity contribution in [3.05, 3.63) is 35.9 Å². The van der Waals surface area contributed by atoms with Gasteiger partial charge in [0, 0.05) is 39.3 Å². The van der Waals surface area contributed by atoms with Crippen molar-refractivity contribution in [3.8, 4) is 0 Å². The first-order valence-electron chi connectivity index (χ1n) is 8.09. The van der Waals surface area contributed by atoms with E-state index < -0.39 is 0 Å². The molecule has 0 atom stereocenters. The second kappa shape index (κ2) is 8.76. The largest absolute Gasteiger partial charge is 0.338 e. The highest BCUT2D eigenvalue weighted by atomic mass is 16.2. The lowest BCUT2D eigenvalue weighted by molar-refractivity contribution is 0.135. The van der Waals surface area contributed by atoms with E-state index in [4.69, 9.17) is 0 Å². The molecule has 0 aromatic heterocycles. The number of amides is 2. The van der Waals surface area contributed by atoms with Gasteiger partial charge in [-0.2, -0.15) is 0 Å². The van der Waals surface area contributed by atoms with Gasteiger partial charge in [-0.1, -0.05) is 30.3 Å². The lowest BCUT2D eigenvalue weighted by Gasteiger charge is -2.34. The van der Waals surface area contributed by atoms with Gasteiger partial charge in [0.25, 0.3) is 0 Å². The van der Waals surface area contributed by atoms with Crippen LogP contribution in [0, 0.1) is 0 Å². The maximum Gasteiger partial charge on any atom is 0.317 e. The third-order valence-electron chi connectivity index (χ3n) is 3.97. The van der Waals surface area contributed by atoms with Crippen LogP contribution in [-0.2, 0) is 6.54 Å². The first kappa shape index (κ1) is 16.8. The van der Waals surface area contributed by atoms with Crippen molar-refractivity contribution >= 4 is 6.03 Å². The highest BCUT2D eigenvalue weighted by Gasteiger charge is 2.20. The Morgan fingerprint density at radius 3 is 2.45 bits per heavy atom. The summed E-state index contributed by atoms with van der Waals surface area (Å²) < 4.78 is 0. The number of urea groups is 1. The van der Waals surface area contributed by atoms with Crippen molar-refractivity contribution in [2.75, 3.05) is 53.4 Å². The molecule has 22 heavy (non-hydrogen) atoms. The summed E-state index contributed by atoms with van der Waals surface area (Å²) in [6, 6.07) is 10.6. The van der Waals surface area contributed by atoms with E-state index >= 15 is 0 Å².